The maximum atomic E-state index is 15.6. The second kappa shape index (κ2) is 9.33. The van der Waals surface area contributed by atoms with E-state index >= 15 is 4.39 Å². The predicted molar refractivity (Wildman–Crippen MR) is 147 cm³/mol. The van der Waals surface area contributed by atoms with Gasteiger partial charge in [0.25, 0.3) is 0 Å². The van der Waals surface area contributed by atoms with E-state index in [0.717, 1.165) is 22.2 Å². The Labute approximate surface area is 219 Å². The molecule has 4 aromatic rings. The van der Waals surface area contributed by atoms with Gasteiger partial charge in [-0.1, -0.05) is 19.9 Å². The molecule has 0 spiro atoms. The van der Waals surface area contributed by atoms with Crippen molar-refractivity contribution in [2.45, 2.75) is 32.6 Å². The zero-order valence-corrected chi connectivity index (χ0v) is 21.4. The number of amides is 1. The van der Waals surface area contributed by atoms with Crippen molar-refractivity contribution in [3.63, 3.8) is 0 Å². The van der Waals surface area contributed by atoms with Gasteiger partial charge in [0.05, 0.1) is 34.2 Å². The first-order chi connectivity index (χ1) is 18.1. The first kappa shape index (κ1) is 25.0. The first-order valence-corrected chi connectivity index (χ1v) is 12.2. The van der Waals surface area contributed by atoms with Gasteiger partial charge in [-0.15, -0.1) is 0 Å². The summed E-state index contributed by atoms with van der Waals surface area (Å²) in [5.74, 6) is -0.780. The van der Waals surface area contributed by atoms with E-state index < -0.39 is 11.3 Å². The Morgan fingerprint density at radius 3 is 2.55 bits per heavy atom. The van der Waals surface area contributed by atoms with Crippen molar-refractivity contribution in [1.29, 1.82) is 0 Å². The lowest BCUT2D eigenvalue weighted by atomic mass is 9.67. The van der Waals surface area contributed by atoms with Crippen LogP contribution < -0.4 is 17.2 Å². The van der Waals surface area contributed by atoms with Crippen LogP contribution in [0.1, 0.15) is 31.7 Å². The van der Waals surface area contributed by atoms with E-state index in [1.807, 2.05) is 45.0 Å². The van der Waals surface area contributed by atoms with Crippen molar-refractivity contribution < 1.29 is 9.18 Å². The average molecular weight is 510 g/mol. The lowest BCUT2D eigenvalue weighted by Crippen LogP contribution is -2.38. The van der Waals surface area contributed by atoms with Crippen molar-refractivity contribution in [3.8, 4) is 22.5 Å². The third-order valence-electron chi connectivity index (χ3n) is 7.17. The van der Waals surface area contributed by atoms with Crippen LogP contribution in [0.15, 0.2) is 72.3 Å². The quantitative estimate of drug-likeness (QED) is 0.350. The minimum Gasteiger partial charge on any atom is -0.397 e. The first-order valence-electron chi connectivity index (χ1n) is 12.2. The fraction of sp³-hybridized carbons (Fsp3) is 0.207. The van der Waals surface area contributed by atoms with Gasteiger partial charge in [0.1, 0.15) is 17.3 Å². The number of primary amides is 1. The number of allylic oxidation sites excluding steroid dienone is 3. The number of nitrogens with zero attached hydrogens (tertiary/aromatic N) is 4. The number of carbonyl (C=O) groups is 1. The highest BCUT2D eigenvalue weighted by Gasteiger charge is 2.44. The summed E-state index contributed by atoms with van der Waals surface area (Å²) in [4.78, 5) is 30.2. The fourth-order valence-corrected chi connectivity index (χ4v) is 5.13. The van der Waals surface area contributed by atoms with Crippen LogP contribution >= 0.6 is 0 Å². The number of halogens is 1. The molecule has 192 valence electrons. The number of rotatable bonds is 5. The number of anilines is 2. The molecule has 8 nitrogen and oxygen atoms in total. The summed E-state index contributed by atoms with van der Waals surface area (Å²) >= 11 is 0. The third kappa shape index (κ3) is 4.15. The van der Waals surface area contributed by atoms with Crippen molar-refractivity contribution >= 4 is 28.3 Å². The topological polar surface area (TPSA) is 147 Å². The van der Waals surface area contributed by atoms with E-state index in [0.29, 0.717) is 39.7 Å². The summed E-state index contributed by atoms with van der Waals surface area (Å²) in [6.45, 7) is 5.67. The van der Waals surface area contributed by atoms with E-state index in [1.165, 1.54) is 12.2 Å². The number of hydrogen-bond donors (Lipinski definition) is 3. The number of aromatic nitrogens is 4. The van der Waals surface area contributed by atoms with E-state index in [-0.39, 0.29) is 18.2 Å². The van der Waals surface area contributed by atoms with Gasteiger partial charge >= 0.3 is 0 Å². The van der Waals surface area contributed by atoms with Gasteiger partial charge < -0.3 is 17.2 Å². The Kier molecular flexibility index (Phi) is 6.14. The molecule has 1 aliphatic rings. The highest BCUT2D eigenvalue weighted by molar-refractivity contribution is 5.96. The van der Waals surface area contributed by atoms with Gasteiger partial charge in [-0.05, 0) is 72.9 Å². The summed E-state index contributed by atoms with van der Waals surface area (Å²) in [6.07, 6.45) is 6.21. The number of nitrogen functional groups attached to an aromatic ring is 2. The van der Waals surface area contributed by atoms with Crippen LogP contribution in [0.3, 0.4) is 0 Å². The third-order valence-corrected chi connectivity index (χ3v) is 7.17. The average Bonchev–Trinajstić information content (AvgIpc) is 2.88. The zero-order valence-electron chi connectivity index (χ0n) is 21.4. The molecule has 0 bridgehead atoms. The maximum Gasteiger partial charge on any atom is 0.244 e. The summed E-state index contributed by atoms with van der Waals surface area (Å²) in [6, 6.07) is 10.9. The van der Waals surface area contributed by atoms with E-state index in [4.69, 9.17) is 22.2 Å². The molecule has 1 amide bonds. The summed E-state index contributed by atoms with van der Waals surface area (Å²) < 4.78 is 15.6. The molecule has 0 saturated carbocycles. The Morgan fingerprint density at radius 1 is 1.05 bits per heavy atom. The number of nitrogens with two attached hydrogens (primary N) is 3. The van der Waals surface area contributed by atoms with Crippen molar-refractivity contribution in [2.24, 2.45) is 11.7 Å². The monoisotopic (exact) mass is 509 g/mol. The van der Waals surface area contributed by atoms with Crippen LogP contribution in [-0.4, -0.2) is 25.8 Å². The fourth-order valence-electron chi connectivity index (χ4n) is 5.13. The number of pyridine rings is 4. The molecule has 4 aromatic heterocycles. The molecular formula is C29H28FN7O. The molecule has 1 aliphatic carbocycles. The molecule has 0 fully saturated rings. The van der Waals surface area contributed by atoms with Gasteiger partial charge in [0.2, 0.25) is 5.91 Å². The van der Waals surface area contributed by atoms with Crippen molar-refractivity contribution in [3.05, 3.63) is 83.7 Å². The SMILES string of the molecule is Cc1cc(-c2ccnc3cnc(-c4nc(C5(C(C)C)CC(C(N)=O)=CC=C5F)ccc4N)cc23)cc(N)n1. The van der Waals surface area contributed by atoms with Crippen LogP contribution in [0.25, 0.3) is 33.4 Å². The number of carbonyl (C=O) groups excluding carboxylic acids is 1. The minimum atomic E-state index is -1.17. The van der Waals surface area contributed by atoms with Crippen LogP contribution in [0, 0.1) is 12.8 Å². The molecule has 0 aliphatic heterocycles. The van der Waals surface area contributed by atoms with E-state index in [9.17, 15) is 4.79 Å². The van der Waals surface area contributed by atoms with Crippen LogP contribution in [0.2, 0.25) is 0 Å². The largest absolute Gasteiger partial charge is 0.397 e. The smallest absolute Gasteiger partial charge is 0.244 e. The molecule has 1 unspecified atom stereocenters. The predicted octanol–water partition coefficient (Wildman–Crippen LogP) is 4.79. The Balaban J connectivity index is 1.68. The maximum absolute atomic E-state index is 15.6. The Morgan fingerprint density at radius 2 is 1.84 bits per heavy atom. The second-order valence-corrected chi connectivity index (χ2v) is 9.88. The molecule has 0 saturated heterocycles. The van der Waals surface area contributed by atoms with Crippen molar-refractivity contribution in [1.82, 2.24) is 19.9 Å². The summed E-state index contributed by atoms with van der Waals surface area (Å²) in [5, 5.41) is 0.829. The molecular weight excluding hydrogens is 481 g/mol. The molecule has 1 atom stereocenters. The van der Waals surface area contributed by atoms with Gasteiger partial charge in [0, 0.05) is 22.9 Å². The van der Waals surface area contributed by atoms with Gasteiger partial charge in [-0.2, -0.15) is 0 Å². The molecule has 6 N–H and O–H groups in total. The van der Waals surface area contributed by atoms with Crippen LogP contribution in [-0.2, 0) is 10.2 Å². The number of hydrogen-bond acceptors (Lipinski definition) is 7. The lowest BCUT2D eigenvalue weighted by Gasteiger charge is -2.38. The van der Waals surface area contributed by atoms with Crippen LogP contribution in [0.4, 0.5) is 15.9 Å². The Bertz CT molecular complexity index is 1640. The van der Waals surface area contributed by atoms with E-state index in [2.05, 4.69) is 15.0 Å². The van der Waals surface area contributed by atoms with Gasteiger partial charge in [-0.25, -0.2) is 14.4 Å². The normalized spacial score (nSPS) is 17.4. The number of fused-ring (bicyclic) bond motifs is 1. The zero-order chi connectivity index (χ0) is 27.2. The standard InChI is InChI=1S/C29H28FN7O/c1-15(2)29(13-17(28(33)38)4-6-24(29)30)25-7-5-21(31)27(37-25)22-12-20-19(8-9-34-23(20)14-35-22)18-10-16(3)36-26(32)11-18/h4-12,14-15H,13,31H2,1-3H3,(H2,32,36)(H2,33,38). The number of aryl methyl sites for hydroxylation is 1. The summed E-state index contributed by atoms with van der Waals surface area (Å²) in [5.41, 5.74) is 22.2. The lowest BCUT2D eigenvalue weighted by molar-refractivity contribution is -0.114. The molecule has 38 heavy (non-hydrogen) atoms. The van der Waals surface area contributed by atoms with Crippen molar-refractivity contribution in [2.75, 3.05) is 11.5 Å². The van der Waals surface area contributed by atoms with Crippen LogP contribution in [0.5, 0.6) is 0 Å². The Hall–Kier alpha value is -4.66. The molecule has 5 rings (SSSR count). The highest BCUT2D eigenvalue weighted by Crippen LogP contribution is 2.47. The van der Waals surface area contributed by atoms with Gasteiger partial charge in [0.15, 0.2) is 0 Å². The molecule has 4 heterocycles. The second-order valence-electron chi connectivity index (χ2n) is 9.88. The summed E-state index contributed by atoms with van der Waals surface area (Å²) in [7, 11) is 0. The van der Waals surface area contributed by atoms with E-state index in [1.54, 1.807) is 24.5 Å². The molecule has 0 radical (unpaired) electrons. The minimum absolute atomic E-state index is 0.0979. The molecule has 9 heteroatoms. The highest BCUT2D eigenvalue weighted by atomic mass is 19.1. The van der Waals surface area contributed by atoms with Gasteiger partial charge in [-0.3, -0.25) is 14.8 Å². The molecule has 0 aromatic carbocycles.